The second-order valence-electron chi connectivity index (χ2n) is 11.3. The highest BCUT2D eigenvalue weighted by Crippen LogP contribution is 2.53. The Kier molecular flexibility index (Phi) is 5.36. The summed E-state index contributed by atoms with van der Waals surface area (Å²) in [4.78, 5) is 39.9. The molecule has 0 spiro atoms. The van der Waals surface area contributed by atoms with E-state index in [1.54, 1.807) is 30.3 Å². The Morgan fingerprint density at radius 2 is 1.73 bits per heavy atom. The number of carbonyl (C=O) groups is 3. The summed E-state index contributed by atoms with van der Waals surface area (Å²) in [6, 6.07) is 14.6. The molecule has 1 unspecified atom stereocenters. The fourth-order valence-electron chi connectivity index (χ4n) is 6.16. The van der Waals surface area contributed by atoms with Gasteiger partial charge in [0.25, 0.3) is 11.8 Å². The first-order valence-electron chi connectivity index (χ1n) is 12.8. The van der Waals surface area contributed by atoms with Crippen LogP contribution in [0.4, 0.5) is 0 Å². The molecular formula is C30H28N2O5. The number of nitrogens with zero attached hydrogens (tertiary/aromatic N) is 2. The molecular weight excluding hydrogens is 468 g/mol. The van der Waals surface area contributed by atoms with E-state index in [-0.39, 0.29) is 23.0 Å². The Bertz CT molecular complexity index is 1400. The quantitative estimate of drug-likeness (QED) is 0.427. The Labute approximate surface area is 215 Å². The summed E-state index contributed by atoms with van der Waals surface area (Å²) < 4.78 is 13.1. The molecule has 0 fully saturated rings. The van der Waals surface area contributed by atoms with E-state index in [0.29, 0.717) is 73.1 Å². The molecule has 7 nitrogen and oxygen atoms in total. The molecule has 0 saturated carbocycles. The maximum atomic E-state index is 13.2. The lowest BCUT2D eigenvalue weighted by molar-refractivity contribution is -0.266. The average molecular weight is 497 g/mol. The van der Waals surface area contributed by atoms with Gasteiger partial charge in [0.1, 0.15) is 11.9 Å². The fraction of sp³-hybridized carbons (Fsp3) is 0.400. The SMILES string of the molecule is CC1(C)CC(=O)C2=C(C1)O[C@@]1(CCCCN3C(=O)c4ccccc4C3=O)Cc3cc(C#N)ccc3C2O1. The first-order chi connectivity index (χ1) is 17.7. The van der Waals surface area contributed by atoms with Crippen molar-refractivity contribution < 1.29 is 23.9 Å². The van der Waals surface area contributed by atoms with E-state index in [2.05, 4.69) is 19.9 Å². The highest BCUT2D eigenvalue weighted by atomic mass is 16.7. The molecule has 2 atom stereocenters. The summed E-state index contributed by atoms with van der Waals surface area (Å²) in [5.41, 5.74) is 3.76. The summed E-state index contributed by atoms with van der Waals surface area (Å²) in [5, 5.41) is 9.44. The number of hydrogen-bond donors (Lipinski definition) is 0. The van der Waals surface area contributed by atoms with Gasteiger partial charge in [-0.15, -0.1) is 0 Å². The molecule has 0 saturated heterocycles. The number of unbranched alkanes of at least 4 members (excludes halogenated alkanes) is 1. The predicted octanol–water partition coefficient (Wildman–Crippen LogP) is 5.01. The van der Waals surface area contributed by atoms with Crippen LogP contribution in [0.3, 0.4) is 0 Å². The molecule has 1 aliphatic carbocycles. The minimum Gasteiger partial charge on any atom is -0.466 e. The lowest BCUT2D eigenvalue weighted by Gasteiger charge is -2.50. The molecule has 2 aromatic rings. The lowest BCUT2D eigenvalue weighted by atomic mass is 9.72. The minimum absolute atomic E-state index is 0.0488. The molecule has 2 bridgehead atoms. The van der Waals surface area contributed by atoms with Gasteiger partial charge in [0.15, 0.2) is 5.78 Å². The molecule has 2 aromatic carbocycles. The van der Waals surface area contributed by atoms with Gasteiger partial charge in [-0.3, -0.25) is 19.3 Å². The molecule has 0 aromatic heterocycles. The van der Waals surface area contributed by atoms with E-state index in [1.807, 2.05) is 12.1 Å². The minimum atomic E-state index is -0.958. The van der Waals surface area contributed by atoms with E-state index in [9.17, 15) is 19.6 Å². The summed E-state index contributed by atoms with van der Waals surface area (Å²) in [6.07, 6.45) is 2.85. The van der Waals surface area contributed by atoms with Gasteiger partial charge in [-0.25, -0.2) is 0 Å². The molecule has 37 heavy (non-hydrogen) atoms. The number of nitriles is 1. The van der Waals surface area contributed by atoms with E-state index in [0.717, 1.165) is 11.1 Å². The molecule has 4 aliphatic rings. The highest BCUT2D eigenvalue weighted by Gasteiger charge is 2.52. The van der Waals surface area contributed by atoms with Gasteiger partial charge >= 0.3 is 0 Å². The maximum absolute atomic E-state index is 13.2. The zero-order chi connectivity index (χ0) is 25.9. The van der Waals surface area contributed by atoms with Crippen molar-refractivity contribution in [3.63, 3.8) is 0 Å². The molecule has 0 radical (unpaired) electrons. The number of rotatable bonds is 5. The number of benzene rings is 2. The number of ketones is 1. The van der Waals surface area contributed by atoms with Gasteiger partial charge in [-0.2, -0.15) is 5.26 Å². The van der Waals surface area contributed by atoms with Crippen molar-refractivity contribution in [3.8, 4) is 6.07 Å². The van der Waals surface area contributed by atoms with Crippen LogP contribution in [-0.2, 0) is 20.7 Å². The van der Waals surface area contributed by atoms with Gasteiger partial charge < -0.3 is 9.47 Å². The van der Waals surface area contributed by atoms with E-state index < -0.39 is 11.9 Å². The molecule has 2 amide bonds. The van der Waals surface area contributed by atoms with Crippen molar-refractivity contribution in [1.29, 1.82) is 5.26 Å². The second kappa shape index (κ2) is 8.39. The van der Waals surface area contributed by atoms with Gasteiger partial charge in [0.05, 0.1) is 28.3 Å². The number of fused-ring (bicyclic) bond motifs is 6. The predicted molar refractivity (Wildman–Crippen MR) is 133 cm³/mol. The monoisotopic (exact) mass is 496 g/mol. The average Bonchev–Trinajstić information content (AvgIpc) is 3.10. The number of allylic oxidation sites excluding steroid dienone is 1. The number of amides is 2. The Morgan fingerprint density at radius 3 is 2.43 bits per heavy atom. The van der Waals surface area contributed by atoms with Crippen LogP contribution in [0.1, 0.15) is 89.5 Å². The zero-order valence-electron chi connectivity index (χ0n) is 21.0. The number of imide groups is 1. The Balaban J connectivity index is 1.24. The zero-order valence-corrected chi connectivity index (χ0v) is 21.0. The van der Waals surface area contributed by atoms with Crippen molar-refractivity contribution in [1.82, 2.24) is 4.90 Å². The molecule has 3 aliphatic heterocycles. The third-order valence-electron chi connectivity index (χ3n) is 7.86. The lowest BCUT2D eigenvalue weighted by Crippen LogP contribution is -2.49. The molecule has 188 valence electrons. The molecule has 7 heteroatoms. The normalized spacial score (nSPS) is 25.3. The molecule has 0 N–H and O–H groups in total. The molecule has 6 rings (SSSR count). The van der Waals surface area contributed by atoms with Gasteiger partial charge in [0.2, 0.25) is 5.79 Å². The first-order valence-corrected chi connectivity index (χ1v) is 12.8. The second-order valence-corrected chi connectivity index (χ2v) is 11.3. The highest BCUT2D eigenvalue weighted by molar-refractivity contribution is 6.21. The maximum Gasteiger partial charge on any atom is 0.261 e. The van der Waals surface area contributed by atoms with Crippen molar-refractivity contribution >= 4 is 17.6 Å². The van der Waals surface area contributed by atoms with Crippen LogP contribution in [-0.4, -0.2) is 34.8 Å². The fourth-order valence-corrected chi connectivity index (χ4v) is 6.16. The number of Topliss-reactive ketones (excluding diaryl/α,β-unsaturated/α-hetero) is 1. The summed E-state index contributed by atoms with van der Waals surface area (Å²) >= 11 is 0. The smallest absolute Gasteiger partial charge is 0.261 e. The van der Waals surface area contributed by atoms with Crippen molar-refractivity contribution in [2.45, 2.75) is 64.3 Å². The van der Waals surface area contributed by atoms with Crippen LogP contribution in [0.2, 0.25) is 0 Å². The van der Waals surface area contributed by atoms with Crippen LogP contribution in [0.25, 0.3) is 0 Å². The Morgan fingerprint density at radius 1 is 1.00 bits per heavy atom. The van der Waals surface area contributed by atoms with Crippen LogP contribution < -0.4 is 0 Å². The van der Waals surface area contributed by atoms with Crippen LogP contribution in [0, 0.1) is 16.7 Å². The van der Waals surface area contributed by atoms with Gasteiger partial charge in [-0.05, 0) is 53.6 Å². The van der Waals surface area contributed by atoms with E-state index in [1.165, 1.54) is 4.90 Å². The summed E-state index contributed by atoms with van der Waals surface area (Å²) in [5.74, 6) is -0.699. The van der Waals surface area contributed by atoms with Crippen molar-refractivity contribution in [2.75, 3.05) is 6.54 Å². The van der Waals surface area contributed by atoms with Crippen molar-refractivity contribution in [2.24, 2.45) is 5.41 Å². The number of hydrogen-bond acceptors (Lipinski definition) is 6. The summed E-state index contributed by atoms with van der Waals surface area (Å²) in [6.45, 7) is 4.47. The van der Waals surface area contributed by atoms with E-state index >= 15 is 0 Å². The molecule has 3 heterocycles. The Hall–Kier alpha value is -3.76. The van der Waals surface area contributed by atoms with Crippen LogP contribution >= 0.6 is 0 Å². The van der Waals surface area contributed by atoms with Gasteiger partial charge in [-0.1, -0.05) is 32.0 Å². The van der Waals surface area contributed by atoms with Crippen LogP contribution in [0.15, 0.2) is 53.8 Å². The van der Waals surface area contributed by atoms with Gasteiger partial charge in [0, 0.05) is 32.2 Å². The largest absolute Gasteiger partial charge is 0.466 e. The van der Waals surface area contributed by atoms with Crippen molar-refractivity contribution in [3.05, 3.63) is 81.6 Å². The number of carbonyl (C=O) groups excluding carboxylic acids is 3. The topological polar surface area (TPSA) is 96.7 Å². The first kappa shape index (κ1) is 23.6. The summed E-state index contributed by atoms with van der Waals surface area (Å²) in [7, 11) is 0. The number of ether oxygens (including phenoxy) is 2. The third kappa shape index (κ3) is 3.87. The standard InChI is InChI=1S/C30H28N2O5/c1-29(2)15-23(33)25-24(16-29)36-30(14-19-13-18(17-31)9-10-20(19)26(25)37-30)11-5-6-12-32-27(34)21-7-3-4-8-22(21)28(32)35/h3-4,7-10,13,26H,5-6,11-12,14-16H2,1-2H3/t26?,30-/m1/s1. The van der Waals surface area contributed by atoms with E-state index in [4.69, 9.17) is 9.47 Å². The third-order valence-corrected chi connectivity index (χ3v) is 7.86. The van der Waals surface area contributed by atoms with Crippen LogP contribution in [0.5, 0.6) is 0 Å².